The SMILES string of the molecule is CC1CCC(Nc2c(N)cccc2C(N)=O)CC1C. The fraction of sp³-hybridized carbons (Fsp3) is 0.533. The van der Waals surface area contributed by atoms with E-state index < -0.39 is 5.91 Å². The summed E-state index contributed by atoms with van der Waals surface area (Å²) in [5, 5.41) is 3.42. The molecule has 3 atom stereocenters. The number of anilines is 2. The minimum absolute atomic E-state index is 0.369. The highest BCUT2D eigenvalue weighted by Crippen LogP contribution is 2.33. The highest BCUT2D eigenvalue weighted by atomic mass is 16.1. The van der Waals surface area contributed by atoms with Crippen molar-refractivity contribution < 1.29 is 4.79 Å². The third-order valence-electron chi connectivity index (χ3n) is 4.31. The molecule has 4 heteroatoms. The van der Waals surface area contributed by atoms with Crippen molar-refractivity contribution in [2.45, 2.75) is 39.2 Å². The molecule has 0 spiro atoms. The van der Waals surface area contributed by atoms with Crippen molar-refractivity contribution >= 4 is 17.3 Å². The molecule has 1 amide bonds. The molecular weight excluding hydrogens is 238 g/mol. The van der Waals surface area contributed by atoms with Crippen molar-refractivity contribution in [2.24, 2.45) is 17.6 Å². The van der Waals surface area contributed by atoms with Gasteiger partial charge in [0.1, 0.15) is 0 Å². The summed E-state index contributed by atoms with van der Waals surface area (Å²) >= 11 is 0. The summed E-state index contributed by atoms with van der Waals surface area (Å²) in [6.45, 7) is 4.58. The van der Waals surface area contributed by atoms with Crippen LogP contribution in [0.2, 0.25) is 0 Å². The Kier molecular flexibility index (Phi) is 3.98. The molecule has 0 aliphatic heterocycles. The number of primary amides is 1. The van der Waals surface area contributed by atoms with Crippen LogP contribution in [0, 0.1) is 11.8 Å². The van der Waals surface area contributed by atoms with E-state index in [-0.39, 0.29) is 0 Å². The molecule has 1 aliphatic carbocycles. The number of benzene rings is 1. The number of carbonyl (C=O) groups is 1. The number of hydrogen-bond acceptors (Lipinski definition) is 3. The Hall–Kier alpha value is -1.71. The fourth-order valence-corrected chi connectivity index (χ4v) is 2.82. The monoisotopic (exact) mass is 261 g/mol. The molecule has 1 aromatic rings. The Labute approximate surface area is 114 Å². The molecule has 0 bridgehead atoms. The predicted octanol–water partition coefficient (Wildman–Crippen LogP) is 2.60. The molecule has 0 heterocycles. The Morgan fingerprint density at radius 1 is 1.26 bits per heavy atom. The fourth-order valence-electron chi connectivity index (χ4n) is 2.82. The smallest absolute Gasteiger partial charge is 0.250 e. The van der Waals surface area contributed by atoms with Gasteiger partial charge in [-0.15, -0.1) is 0 Å². The minimum atomic E-state index is -0.438. The normalized spacial score (nSPS) is 26.9. The van der Waals surface area contributed by atoms with Crippen LogP contribution in [0.5, 0.6) is 0 Å². The molecular formula is C15H23N3O. The summed E-state index contributed by atoms with van der Waals surface area (Å²) in [5.41, 5.74) is 13.1. The van der Waals surface area contributed by atoms with Gasteiger partial charge in [-0.3, -0.25) is 4.79 Å². The maximum atomic E-state index is 11.5. The van der Waals surface area contributed by atoms with Gasteiger partial charge in [-0.25, -0.2) is 0 Å². The molecule has 1 aromatic carbocycles. The summed E-state index contributed by atoms with van der Waals surface area (Å²) in [6.07, 6.45) is 3.42. The lowest BCUT2D eigenvalue weighted by atomic mass is 9.79. The van der Waals surface area contributed by atoms with E-state index in [1.165, 1.54) is 6.42 Å². The zero-order valence-corrected chi connectivity index (χ0v) is 11.6. The maximum absolute atomic E-state index is 11.5. The van der Waals surface area contributed by atoms with Gasteiger partial charge in [0.25, 0.3) is 5.91 Å². The standard InChI is InChI=1S/C15H23N3O/c1-9-6-7-11(8-10(9)2)18-14-12(15(17)19)4-3-5-13(14)16/h3-5,9-11,18H,6-8,16H2,1-2H3,(H2,17,19). The maximum Gasteiger partial charge on any atom is 0.250 e. The number of nitrogens with two attached hydrogens (primary N) is 2. The summed E-state index contributed by atoms with van der Waals surface area (Å²) in [5.74, 6) is 1.02. The Balaban J connectivity index is 2.17. The van der Waals surface area contributed by atoms with Gasteiger partial charge >= 0.3 is 0 Å². The first-order valence-electron chi connectivity index (χ1n) is 6.94. The molecule has 0 aromatic heterocycles. The lowest BCUT2D eigenvalue weighted by Crippen LogP contribution is -2.31. The summed E-state index contributed by atoms with van der Waals surface area (Å²) < 4.78 is 0. The number of hydrogen-bond donors (Lipinski definition) is 3. The number of carbonyl (C=O) groups excluding carboxylic acids is 1. The predicted molar refractivity (Wildman–Crippen MR) is 79.0 cm³/mol. The van der Waals surface area contributed by atoms with Gasteiger partial charge in [-0.2, -0.15) is 0 Å². The van der Waals surface area contributed by atoms with Crippen LogP contribution in [-0.2, 0) is 0 Å². The van der Waals surface area contributed by atoms with Gasteiger partial charge < -0.3 is 16.8 Å². The summed E-state index contributed by atoms with van der Waals surface area (Å²) in [4.78, 5) is 11.5. The van der Waals surface area contributed by atoms with E-state index in [4.69, 9.17) is 11.5 Å². The van der Waals surface area contributed by atoms with Crippen LogP contribution in [0.3, 0.4) is 0 Å². The molecule has 3 unspecified atom stereocenters. The quantitative estimate of drug-likeness (QED) is 0.731. The first-order valence-corrected chi connectivity index (χ1v) is 6.94. The average Bonchev–Trinajstić information content (AvgIpc) is 2.36. The molecule has 1 fully saturated rings. The second kappa shape index (κ2) is 5.51. The van der Waals surface area contributed by atoms with Crippen molar-refractivity contribution in [1.29, 1.82) is 0 Å². The van der Waals surface area contributed by atoms with Crippen LogP contribution in [0.4, 0.5) is 11.4 Å². The van der Waals surface area contributed by atoms with Gasteiger partial charge in [0.15, 0.2) is 0 Å². The lowest BCUT2D eigenvalue weighted by Gasteiger charge is -2.33. The topological polar surface area (TPSA) is 81.1 Å². The molecule has 2 rings (SSSR count). The summed E-state index contributed by atoms with van der Waals surface area (Å²) in [6, 6.07) is 5.64. The number of rotatable bonds is 3. The molecule has 5 N–H and O–H groups in total. The molecule has 0 saturated heterocycles. The average molecular weight is 261 g/mol. The zero-order chi connectivity index (χ0) is 14.0. The molecule has 19 heavy (non-hydrogen) atoms. The van der Waals surface area contributed by atoms with Crippen molar-refractivity contribution in [3.63, 3.8) is 0 Å². The van der Waals surface area contributed by atoms with Gasteiger partial charge in [0.05, 0.1) is 16.9 Å². The van der Waals surface area contributed by atoms with Gasteiger partial charge in [0, 0.05) is 6.04 Å². The number of para-hydroxylation sites is 1. The van der Waals surface area contributed by atoms with Gasteiger partial charge in [-0.05, 0) is 43.2 Å². The first kappa shape index (κ1) is 13.7. The van der Waals surface area contributed by atoms with Crippen LogP contribution in [0.25, 0.3) is 0 Å². The Morgan fingerprint density at radius 2 is 2.00 bits per heavy atom. The van der Waals surface area contributed by atoms with E-state index in [0.29, 0.717) is 28.9 Å². The van der Waals surface area contributed by atoms with E-state index in [9.17, 15) is 4.79 Å². The van der Waals surface area contributed by atoms with Crippen LogP contribution in [-0.4, -0.2) is 11.9 Å². The Bertz CT molecular complexity index is 472. The van der Waals surface area contributed by atoms with Crippen LogP contribution in [0.15, 0.2) is 18.2 Å². The number of amides is 1. The van der Waals surface area contributed by atoms with Crippen LogP contribution in [0.1, 0.15) is 43.5 Å². The second-order valence-corrected chi connectivity index (χ2v) is 5.74. The molecule has 4 nitrogen and oxygen atoms in total. The summed E-state index contributed by atoms with van der Waals surface area (Å²) in [7, 11) is 0. The third kappa shape index (κ3) is 3.00. The zero-order valence-electron chi connectivity index (χ0n) is 11.6. The van der Waals surface area contributed by atoms with E-state index in [1.54, 1.807) is 18.2 Å². The van der Waals surface area contributed by atoms with Crippen LogP contribution < -0.4 is 16.8 Å². The molecule has 1 saturated carbocycles. The van der Waals surface area contributed by atoms with Crippen LogP contribution >= 0.6 is 0 Å². The molecule has 1 aliphatic rings. The third-order valence-corrected chi connectivity index (χ3v) is 4.31. The molecule has 104 valence electrons. The Morgan fingerprint density at radius 3 is 2.63 bits per heavy atom. The number of nitrogen functional groups attached to an aromatic ring is 1. The van der Waals surface area contributed by atoms with Gasteiger partial charge in [-0.1, -0.05) is 19.9 Å². The first-order chi connectivity index (χ1) is 8.99. The number of nitrogens with one attached hydrogen (secondary N) is 1. The van der Waals surface area contributed by atoms with Crippen molar-refractivity contribution in [3.8, 4) is 0 Å². The molecule has 0 radical (unpaired) electrons. The van der Waals surface area contributed by atoms with E-state index in [2.05, 4.69) is 19.2 Å². The highest BCUT2D eigenvalue weighted by molar-refractivity contribution is 6.01. The largest absolute Gasteiger partial charge is 0.397 e. The van der Waals surface area contributed by atoms with Gasteiger partial charge in [0.2, 0.25) is 0 Å². The lowest BCUT2D eigenvalue weighted by molar-refractivity contribution is 0.100. The highest BCUT2D eigenvalue weighted by Gasteiger charge is 2.25. The van der Waals surface area contributed by atoms with E-state index in [1.807, 2.05) is 0 Å². The van der Waals surface area contributed by atoms with Crippen molar-refractivity contribution in [1.82, 2.24) is 0 Å². The minimum Gasteiger partial charge on any atom is -0.397 e. The van der Waals surface area contributed by atoms with Crippen molar-refractivity contribution in [3.05, 3.63) is 23.8 Å². The van der Waals surface area contributed by atoms with E-state index in [0.717, 1.165) is 18.8 Å². The second-order valence-electron chi connectivity index (χ2n) is 5.74. The van der Waals surface area contributed by atoms with Crippen molar-refractivity contribution in [2.75, 3.05) is 11.1 Å². The van der Waals surface area contributed by atoms with E-state index >= 15 is 0 Å².